The van der Waals surface area contributed by atoms with Gasteiger partial charge in [-0.25, -0.2) is 0 Å². The molecule has 2 heterocycles. The van der Waals surface area contributed by atoms with Crippen LogP contribution in [-0.4, -0.2) is 21.7 Å². The number of aromatic nitrogens is 3. The van der Waals surface area contributed by atoms with E-state index in [9.17, 15) is 0 Å². The van der Waals surface area contributed by atoms with E-state index in [0.29, 0.717) is 11.8 Å². The van der Waals surface area contributed by atoms with E-state index in [2.05, 4.69) is 49.7 Å². The molecule has 0 saturated heterocycles. The van der Waals surface area contributed by atoms with Gasteiger partial charge in [0.1, 0.15) is 0 Å². The molecular weight excluding hydrogens is 334 g/mol. The summed E-state index contributed by atoms with van der Waals surface area (Å²) in [5, 5.41) is 12.3. The Bertz CT molecular complexity index is 912. The van der Waals surface area contributed by atoms with Crippen molar-refractivity contribution in [2.24, 2.45) is 0 Å². The lowest BCUT2D eigenvalue weighted by Crippen LogP contribution is -2.32. The van der Waals surface area contributed by atoms with Crippen LogP contribution in [0.25, 0.3) is 0 Å². The van der Waals surface area contributed by atoms with Gasteiger partial charge in [-0.1, -0.05) is 41.9 Å². The fraction of sp³-hybridized carbons (Fsp3) is 0.211. The smallest absolute Gasteiger partial charge is 0.247 e. The molecule has 0 fully saturated rings. The number of aryl methyl sites for hydroxylation is 1. The van der Waals surface area contributed by atoms with Gasteiger partial charge in [-0.3, -0.25) is 0 Å². The van der Waals surface area contributed by atoms with Crippen LogP contribution in [0.2, 0.25) is 5.02 Å². The third-order valence-electron chi connectivity index (χ3n) is 4.41. The third kappa shape index (κ3) is 3.42. The first-order valence-corrected chi connectivity index (χ1v) is 8.61. The molecule has 25 heavy (non-hydrogen) atoms. The summed E-state index contributed by atoms with van der Waals surface area (Å²) < 4.78 is 0. The number of hydrogen-bond acceptors (Lipinski definition) is 5. The van der Waals surface area contributed by atoms with Crippen molar-refractivity contribution in [2.75, 3.05) is 16.8 Å². The first kappa shape index (κ1) is 15.8. The molecular formula is C19H18ClN5. The number of fused-ring (bicyclic) bond motifs is 1. The normalized spacial score (nSPS) is 13.4. The zero-order chi connectivity index (χ0) is 17.2. The number of hydrogen-bond donors (Lipinski definition) is 1. The van der Waals surface area contributed by atoms with Crippen LogP contribution in [0.3, 0.4) is 0 Å². The minimum atomic E-state index is 0.637. The van der Waals surface area contributed by atoms with E-state index in [1.165, 1.54) is 11.1 Å². The van der Waals surface area contributed by atoms with Crippen molar-refractivity contribution >= 4 is 29.1 Å². The Balaban J connectivity index is 1.55. The molecule has 0 aliphatic carbocycles. The maximum atomic E-state index is 6.18. The molecule has 0 unspecified atom stereocenters. The van der Waals surface area contributed by atoms with E-state index in [1.807, 2.05) is 25.1 Å². The second kappa shape index (κ2) is 6.69. The van der Waals surface area contributed by atoms with Gasteiger partial charge in [0.2, 0.25) is 5.95 Å². The fourth-order valence-electron chi connectivity index (χ4n) is 2.97. The molecule has 3 aromatic rings. The Kier molecular flexibility index (Phi) is 4.24. The van der Waals surface area contributed by atoms with Crippen LogP contribution in [0.5, 0.6) is 0 Å². The molecule has 1 aromatic heterocycles. The molecule has 126 valence electrons. The maximum absolute atomic E-state index is 6.18. The van der Waals surface area contributed by atoms with Crippen molar-refractivity contribution in [1.29, 1.82) is 0 Å². The first-order valence-electron chi connectivity index (χ1n) is 8.24. The van der Waals surface area contributed by atoms with E-state index in [1.54, 1.807) is 6.20 Å². The molecule has 2 aromatic carbocycles. The first-order chi connectivity index (χ1) is 12.2. The minimum absolute atomic E-state index is 0.637. The fourth-order valence-corrected chi connectivity index (χ4v) is 3.15. The second-order valence-corrected chi connectivity index (χ2v) is 6.58. The van der Waals surface area contributed by atoms with Gasteiger partial charge < -0.3 is 10.2 Å². The number of nitrogens with zero attached hydrogens (tertiary/aromatic N) is 4. The highest BCUT2D eigenvalue weighted by Gasteiger charge is 2.18. The lowest BCUT2D eigenvalue weighted by molar-refractivity contribution is 0.698. The van der Waals surface area contributed by atoms with Crippen molar-refractivity contribution in [1.82, 2.24) is 15.2 Å². The number of rotatable bonds is 3. The van der Waals surface area contributed by atoms with Crippen LogP contribution < -0.4 is 10.2 Å². The molecule has 0 amide bonds. The zero-order valence-electron chi connectivity index (χ0n) is 13.9. The van der Waals surface area contributed by atoms with Crippen LogP contribution >= 0.6 is 11.6 Å². The van der Waals surface area contributed by atoms with Crippen LogP contribution in [-0.2, 0) is 13.0 Å². The largest absolute Gasteiger partial charge is 0.339 e. The molecule has 6 heteroatoms. The minimum Gasteiger partial charge on any atom is -0.339 e. The number of benzene rings is 2. The van der Waals surface area contributed by atoms with Crippen molar-refractivity contribution in [3.63, 3.8) is 0 Å². The van der Waals surface area contributed by atoms with E-state index in [0.717, 1.165) is 35.8 Å². The van der Waals surface area contributed by atoms with Gasteiger partial charge in [-0.05, 0) is 42.2 Å². The van der Waals surface area contributed by atoms with Crippen LogP contribution in [0, 0.1) is 6.92 Å². The molecule has 5 nitrogen and oxygen atoms in total. The van der Waals surface area contributed by atoms with E-state index < -0.39 is 0 Å². The molecule has 0 atom stereocenters. The zero-order valence-corrected chi connectivity index (χ0v) is 14.7. The van der Waals surface area contributed by atoms with E-state index in [-0.39, 0.29) is 0 Å². The Morgan fingerprint density at radius 3 is 2.80 bits per heavy atom. The highest BCUT2D eigenvalue weighted by molar-refractivity contribution is 6.31. The van der Waals surface area contributed by atoms with Gasteiger partial charge in [-0.15, -0.1) is 5.10 Å². The van der Waals surface area contributed by atoms with Crippen LogP contribution in [0.1, 0.15) is 16.7 Å². The number of anilines is 3. The third-order valence-corrected chi connectivity index (χ3v) is 4.81. The van der Waals surface area contributed by atoms with Crippen molar-refractivity contribution in [3.05, 3.63) is 70.4 Å². The summed E-state index contributed by atoms with van der Waals surface area (Å²) in [5.41, 5.74) is 4.64. The maximum Gasteiger partial charge on any atom is 0.247 e. The molecule has 0 bridgehead atoms. The molecule has 4 rings (SSSR count). The summed E-state index contributed by atoms with van der Waals surface area (Å²) >= 11 is 6.18. The van der Waals surface area contributed by atoms with Gasteiger partial charge in [0.15, 0.2) is 5.82 Å². The lowest BCUT2D eigenvalue weighted by Gasteiger charge is -2.28. The van der Waals surface area contributed by atoms with Gasteiger partial charge in [0.25, 0.3) is 0 Å². The van der Waals surface area contributed by atoms with Gasteiger partial charge >= 0.3 is 0 Å². The van der Waals surface area contributed by atoms with Crippen molar-refractivity contribution in [3.8, 4) is 0 Å². The second-order valence-electron chi connectivity index (χ2n) is 6.17. The predicted molar refractivity (Wildman–Crippen MR) is 100 cm³/mol. The molecule has 0 radical (unpaired) electrons. The predicted octanol–water partition coefficient (Wildman–Crippen LogP) is 4.14. The Hall–Kier alpha value is -2.66. The highest BCUT2D eigenvalue weighted by atomic mass is 35.5. The Morgan fingerprint density at radius 2 is 1.96 bits per heavy atom. The standard InChI is InChI=1S/C19H18ClN5/c1-13-6-7-16(10-17(13)20)22-18-11-21-24-19(23-18)25-9-8-14-4-2-3-5-15(14)12-25/h2-7,10-11H,8-9,12H2,1H3,(H,22,23,24). The SMILES string of the molecule is Cc1ccc(Nc2cnnc(N3CCc4ccccc4C3)n2)cc1Cl. The van der Waals surface area contributed by atoms with E-state index in [4.69, 9.17) is 11.6 Å². The van der Waals surface area contributed by atoms with Crippen molar-refractivity contribution < 1.29 is 0 Å². The van der Waals surface area contributed by atoms with Crippen LogP contribution in [0.15, 0.2) is 48.7 Å². The summed E-state index contributed by atoms with van der Waals surface area (Å²) in [6.45, 7) is 3.67. The van der Waals surface area contributed by atoms with Gasteiger partial charge in [0.05, 0.1) is 6.20 Å². The summed E-state index contributed by atoms with van der Waals surface area (Å²) in [4.78, 5) is 6.77. The quantitative estimate of drug-likeness (QED) is 0.768. The summed E-state index contributed by atoms with van der Waals surface area (Å²) in [7, 11) is 0. The molecule has 1 N–H and O–H groups in total. The Morgan fingerprint density at radius 1 is 1.12 bits per heavy atom. The summed E-state index contributed by atoms with van der Waals surface area (Å²) in [5.74, 6) is 1.29. The summed E-state index contributed by atoms with van der Waals surface area (Å²) in [6.07, 6.45) is 2.61. The Labute approximate surface area is 151 Å². The van der Waals surface area contributed by atoms with E-state index >= 15 is 0 Å². The molecule has 0 saturated carbocycles. The summed E-state index contributed by atoms with van der Waals surface area (Å²) in [6, 6.07) is 14.3. The highest BCUT2D eigenvalue weighted by Crippen LogP contribution is 2.24. The monoisotopic (exact) mass is 351 g/mol. The van der Waals surface area contributed by atoms with Crippen LogP contribution in [0.4, 0.5) is 17.5 Å². The topological polar surface area (TPSA) is 53.9 Å². The molecule has 1 aliphatic heterocycles. The lowest BCUT2D eigenvalue weighted by atomic mass is 10.0. The number of nitrogens with one attached hydrogen (secondary N) is 1. The van der Waals surface area contributed by atoms with Crippen molar-refractivity contribution in [2.45, 2.75) is 19.9 Å². The molecule has 1 aliphatic rings. The number of halogens is 1. The average molecular weight is 352 g/mol. The van der Waals surface area contributed by atoms with Gasteiger partial charge in [-0.2, -0.15) is 10.1 Å². The van der Waals surface area contributed by atoms with Gasteiger partial charge in [0, 0.05) is 23.8 Å². The molecule has 0 spiro atoms. The average Bonchev–Trinajstić information content (AvgIpc) is 2.65.